The molecule has 18 N–H and O–H groups in total. The molecule has 5 heterocycles. The van der Waals surface area contributed by atoms with E-state index >= 15 is 9.59 Å². The highest BCUT2D eigenvalue weighted by Crippen LogP contribution is 2.47. The van der Waals surface area contributed by atoms with Gasteiger partial charge in [0.05, 0.1) is 17.6 Å². The number of likely N-dealkylation sites (tertiary alicyclic amines) is 2. The number of hydrogen-bond acceptors (Lipinski definition) is 19. The summed E-state index contributed by atoms with van der Waals surface area (Å²) in [5, 5.41) is 48.8. The third kappa shape index (κ3) is 23.2. The highest BCUT2D eigenvalue weighted by Gasteiger charge is 2.44. The molecule has 28 nitrogen and oxygen atoms in total. The lowest BCUT2D eigenvalue weighted by molar-refractivity contribution is -0.135. The minimum absolute atomic E-state index is 0.00716. The van der Waals surface area contributed by atoms with Crippen LogP contribution >= 0.6 is 48.8 Å². The van der Waals surface area contributed by atoms with Gasteiger partial charge in [-0.3, -0.25) is 57.7 Å². The van der Waals surface area contributed by atoms with E-state index in [1.807, 2.05) is 24.3 Å². The summed E-state index contributed by atoms with van der Waals surface area (Å²) in [6, 6.07) is 16.3. The van der Waals surface area contributed by atoms with Gasteiger partial charge in [0, 0.05) is 119 Å². The summed E-state index contributed by atoms with van der Waals surface area (Å²) in [6.07, 6.45) is 12.3. The van der Waals surface area contributed by atoms with Crippen molar-refractivity contribution in [3.63, 3.8) is 0 Å². The molecule has 0 spiro atoms. The molecule has 2 saturated heterocycles. The molecule has 2 aliphatic heterocycles. The number of carbonyl (C=O) groups is 10. The first kappa shape index (κ1) is 90.0. The molecule has 3 aromatic heterocycles. The number of unbranched alkanes of at least 4 members (excludes halogenated alkanes) is 2. The number of piperidine rings is 2. The molecule has 638 valence electrons. The summed E-state index contributed by atoms with van der Waals surface area (Å²) in [6.45, 7) is 11.8. The number of aliphatic hydroxyl groups excluding tert-OH is 1. The standard InChI is InChI=1S/C86H118N16O12S4/c1-5-30-101-41-51(32-60-58-17-14-22-64-76(58)54(39-91-64)36-72(60)101)45-117-47-74(105)89-29-13-11-21-66(93-75(106)48-118-46-52-33-61-59-18-15-23-65-77(59)55(40-92-65)37-73(61)102(42-52)31-6-2)81(109)99-70(43-115)85(113)96-68(34-50-24-26-56(104)27-25-50)83(111)97-69(35-53-38-90-63-19-9-8-16-57(53)63)84(112)95-67(20-10-12-28-87)82(110)94-62(7-3)80(108)98-71(44-116)86(114)100-78(49(4)103)79(88)107/h8-9,14-19,22-27,38-40,49,51-52,60-62,66-73,78,90-92,103-104,115-116H,5-7,10-13,20-21,28-37,41-48,87H2,1-4H3,(H2,88,107)(H,89,105)(H,93,106)(H,94,110)(H,95,112)(H,96,113)(H,97,111)(H,98,108)(H,99,109)(H,100,114)/t49-,51+,52-,60-,61-,62+,66-,67+,68+,69-,70+,71+,72-,73-,78+/m1/s1. The molecule has 7 aromatic rings. The molecule has 11 rings (SSSR count). The van der Waals surface area contributed by atoms with Crippen molar-refractivity contribution in [2.24, 2.45) is 23.3 Å². The van der Waals surface area contributed by atoms with Crippen molar-refractivity contribution in [2.45, 2.75) is 202 Å². The van der Waals surface area contributed by atoms with Gasteiger partial charge in [0.2, 0.25) is 59.1 Å². The number of aromatic hydroxyl groups is 1. The lowest BCUT2D eigenvalue weighted by Crippen LogP contribution is -2.61. The molecule has 2 aliphatic carbocycles. The third-order valence-corrected chi connectivity index (χ3v) is 26.6. The molecule has 0 bridgehead atoms. The van der Waals surface area contributed by atoms with E-state index in [0.717, 1.165) is 92.6 Å². The topological polar surface area (TPSA) is 425 Å². The Balaban J connectivity index is 0.763. The van der Waals surface area contributed by atoms with Gasteiger partial charge in [-0.25, -0.2) is 0 Å². The Labute approximate surface area is 709 Å². The van der Waals surface area contributed by atoms with Crippen molar-refractivity contribution >= 4 is 141 Å². The largest absolute Gasteiger partial charge is 0.508 e. The number of rotatable bonds is 45. The van der Waals surface area contributed by atoms with Crippen molar-refractivity contribution in [1.82, 2.24) is 72.6 Å². The zero-order valence-electron chi connectivity index (χ0n) is 67.8. The van der Waals surface area contributed by atoms with Crippen molar-refractivity contribution < 1.29 is 58.2 Å². The number of amides is 10. The lowest BCUT2D eigenvalue weighted by Gasteiger charge is -2.47. The molecule has 32 heteroatoms. The van der Waals surface area contributed by atoms with E-state index in [-0.39, 0.29) is 73.5 Å². The predicted octanol–water partition coefficient (Wildman–Crippen LogP) is 5.40. The summed E-state index contributed by atoms with van der Waals surface area (Å²) in [5.74, 6) is -4.30. The van der Waals surface area contributed by atoms with Crippen LogP contribution in [0.1, 0.15) is 144 Å². The van der Waals surface area contributed by atoms with Gasteiger partial charge in [0.15, 0.2) is 0 Å². The number of aromatic nitrogens is 3. The second-order valence-corrected chi connectivity index (χ2v) is 34.9. The normalized spacial score (nSPS) is 20.0. The number of phenolic OH excluding ortho intramolecular Hbond substituents is 1. The van der Waals surface area contributed by atoms with Gasteiger partial charge in [-0.05, 0) is 197 Å². The van der Waals surface area contributed by atoms with Gasteiger partial charge in [-0.2, -0.15) is 48.8 Å². The number of H-pyrrole nitrogens is 3. The van der Waals surface area contributed by atoms with Crippen molar-refractivity contribution in [3.05, 3.63) is 137 Å². The highest BCUT2D eigenvalue weighted by molar-refractivity contribution is 8.00. The molecule has 10 amide bonds. The monoisotopic (exact) mass is 1690 g/mol. The van der Waals surface area contributed by atoms with E-state index in [9.17, 15) is 48.6 Å². The molecule has 4 aromatic carbocycles. The number of nitrogens with zero attached hydrogens (tertiary/aromatic N) is 2. The number of thiol groups is 2. The van der Waals surface area contributed by atoms with Crippen molar-refractivity contribution in [3.8, 4) is 5.75 Å². The fraction of sp³-hybridized carbons (Fsp3) is 0.535. The fourth-order valence-electron chi connectivity index (χ4n) is 17.6. The predicted molar refractivity (Wildman–Crippen MR) is 470 cm³/mol. The number of benzene rings is 4. The van der Waals surface area contributed by atoms with Gasteiger partial charge in [-0.15, -0.1) is 0 Å². The molecular weight excluding hydrogens is 1580 g/mol. The van der Waals surface area contributed by atoms with E-state index < -0.39 is 102 Å². The molecule has 0 unspecified atom stereocenters. The minimum atomic E-state index is -1.48. The summed E-state index contributed by atoms with van der Waals surface area (Å²) >= 11 is 12.0. The smallest absolute Gasteiger partial charge is 0.244 e. The van der Waals surface area contributed by atoms with Crippen LogP contribution in [0.2, 0.25) is 0 Å². The molecule has 4 aliphatic rings. The van der Waals surface area contributed by atoms with Crippen LogP contribution in [0.15, 0.2) is 104 Å². The molecular formula is C86H118N16O12S4. The number of carbonyl (C=O) groups excluding carboxylic acids is 10. The average molecular weight is 1700 g/mol. The number of fused-ring (bicyclic) bond motifs is 5. The zero-order chi connectivity index (χ0) is 84.1. The Morgan fingerprint density at radius 3 is 1.53 bits per heavy atom. The summed E-state index contributed by atoms with van der Waals surface area (Å²) in [7, 11) is 0. The van der Waals surface area contributed by atoms with Crippen LogP contribution in [0.25, 0.3) is 32.7 Å². The first-order valence-corrected chi connectivity index (χ1v) is 45.3. The second-order valence-electron chi connectivity index (χ2n) is 32.1. The Hall–Kier alpha value is -8.76. The quantitative estimate of drug-likeness (QED) is 0.0168. The highest BCUT2D eigenvalue weighted by atomic mass is 32.2. The maximum Gasteiger partial charge on any atom is 0.244 e. The number of phenols is 1. The summed E-state index contributed by atoms with van der Waals surface area (Å²) in [4.78, 5) is 157. The number of nitrogens with one attached hydrogen (secondary N) is 12. The first-order valence-electron chi connectivity index (χ1n) is 41.7. The van der Waals surface area contributed by atoms with Crippen LogP contribution in [0, 0.1) is 11.8 Å². The van der Waals surface area contributed by atoms with E-state index in [2.05, 4.69) is 160 Å². The van der Waals surface area contributed by atoms with Crippen LogP contribution in [0.4, 0.5) is 0 Å². The zero-order valence-corrected chi connectivity index (χ0v) is 71.2. The Kier molecular flexibility index (Phi) is 33.2. The van der Waals surface area contributed by atoms with Gasteiger partial charge in [0.25, 0.3) is 0 Å². The van der Waals surface area contributed by atoms with E-state index in [4.69, 9.17) is 11.5 Å². The minimum Gasteiger partial charge on any atom is -0.508 e. The van der Waals surface area contributed by atoms with Crippen LogP contribution in [-0.2, 0) is 73.6 Å². The van der Waals surface area contributed by atoms with Crippen LogP contribution in [-0.4, -0.2) is 234 Å². The number of para-hydroxylation sites is 1. The van der Waals surface area contributed by atoms with E-state index in [1.54, 1.807) is 37.0 Å². The molecule has 118 heavy (non-hydrogen) atoms. The van der Waals surface area contributed by atoms with Crippen molar-refractivity contribution in [1.29, 1.82) is 0 Å². The number of aromatic amines is 3. The maximum absolute atomic E-state index is 15.3. The summed E-state index contributed by atoms with van der Waals surface area (Å²) < 4.78 is 0. The van der Waals surface area contributed by atoms with Gasteiger partial charge < -0.3 is 84.5 Å². The molecule has 0 saturated carbocycles. The maximum atomic E-state index is 15.3. The van der Waals surface area contributed by atoms with E-state index in [1.165, 1.54) is 69.4 Å². The Morgan fingerprint density at radius 2 is 1.00 bits per heavy atom. The first-order chi connectivity index (χ1) is 57.0. The average Bonchev–Trinajstić information content (AvgIpc) is 1.52. The fourth-order valence-corrected chi connectivity index (χ4v) is 20.1. The second kappa shape index (κ2) is 43.5. The number of primary amides is 1. The van der Waals surface area contributed by atoms with Gasteiger partial charge >= 0.3 is 0 Å². The number of thioether (sulfide) groups is 2. The number of hydrogen-bond donors (Lipinski definition) is 18. The van der Waals surface area contributed by atoms with Crippen molar-refractivity contribution in [2.75, 3.05) is 73.8 Å². The van der Waals surface area contributed by atoms with Crippen LogP contribution in [0.5, 0.6) is 5.75 Å². The number of aliphatic hydroxyl groups is 1. The Morgan fingerprint density at radius 1 is 0.534 bits per heavy atom. The van der Waals surface area contributed by atoms with E-state index in [0.29, 0.717) is 84.9 Å². The van der Waals surface area contributed by atoms with Crippen LogP contribution < -0.4 is 59.3 Å². The molecule has 2 fully saturated rings. The number of nitrogens with two attached hydrogens (primary N) is 2. The lowest BCUT2D eigenvalue weighted by atomic mass is 9.72. The molecule has 0 radical (unpaired) electrons. The Bertz CT molecular complexity index is 4620. The van der Waals surface area contributed by atoms with Gasteiger partial charge in [-0.1, -0.05) is 75.4 Å². The SMILES string of the molecule is CCCN1C[C@H](CSCC(=O)N[C@H](CCCCNC(=O)CSC[C@H]2C[C@@H]3c4cccc5[nH]cc(c45)C[C@H]3N(CCC)C2)C(=O)N[C@@H](CS)C(=O)N[C@@H](Cc2ccc(O)cc2)C(=O)N[C@H](Cc2c[nH]c3ccccc23)C(=O)N[C@@H](CCCCN)C(=O)N[C@@H](CC)C(=O)N[C@@H](CS)C(=O)N[C@H](C(N)=O)[C@@H](C)O)C[C@@H]2c3cccc4[nH]cc(c34)C[C@H]21. The summed E-state index contributed by atoms with van der Waals surface area (Å²) in [5.41, 5.74) is 21.0. The third-order valence-electron chi connectivity index (χ3n) is 23.5. The van der Waals surface area contributed by atoms with Gasteiger partial charge in [0.1, 0.15) is 54.1 Å². The molecule has 15 atom stereocenters. The van der Waals surface area contributed by atoms with Crippen LogP contribution in [0.3, 0.4) is 0 Å².